The van der Waals surface area contributed by atoms with Crippen molar-refractivity contribution in [1.29, 1.82) is 0 Å². The van der Waals surface area contributed by atoms with Gasteiger partial charge < -0.3 is 0 Å². The second kappa shape index (κ2) is 6.20. The molecule has 1 aromatic carbocycles. The Morgan fingerprint density at radius 2 is 2.00 bits per heavy atom. The maximum Gasteiger partial charge on any atom is 0.283 e. The van der Waals surface area contributed by atoms with E-state index in [2.05, 4.69) is 0 Å². The van der Waals surface area contributed by atoms with Crippen molar-refractivity contribution in [3.8, 4) is 0 Å². The van der Waals surface area contributed by atoms with Crippen molar-refractivity contribution < 1.29 is 14.6 Å². The summed E-state index contributed by atoms with van der Waals surface area (Å²) in [6, 6.07) is 3.26. The number of rotatable bonds is 4. The third-order valence-electron chi connectivity index (χ3n) is 2.90. The Kier molecular flexibility index (Phi) is 4.52. The van der Waals surface area contributed by atoms with Gasteiger partial charge in [0.15, 0.2) is 0 Å². The van der Waals surface area contributed by atoms with Gasteiger partial charge >= 0.3 is 0 Å². The Hall–Kier alpha value is -2.33. The van der Waals surface area contributed by atoms with Gasteiger partial charge in [-0.05, 0) is 19.1 Å². The maximum absolute atomic E-state index is 12.1. The van der Waals surface area contributed by atoms with Crippen LogP contribution in [0.2, 0.25) is 0 Å². The minimum atomic E-state index is -0.723. The number of likely N-dealkylation sites (N-methyl/N-ethyl adjacent to an activating group) is 1. The molecule has 0 aliphatic carbocycles. The van der Waals surface area contributed by atoms with Crippen molar-refractivity contribution in [3.05, 3.63) is 48.9 Å². The molecule has 10 heteroatoms. The number of hydrogen-bond donors (Lipinski definition) is 0. The highest BCUT2D eigenvalue weighted by atomic mass is 32.2. The zero-order chi connectivity index (χ0) is 16.4. The average molecular weight is 339 g/mol. The Morgan fingerprint density at radius 3 is 2.50 bits per heavy atom. The van der Waals surface area contributed by atoms with E-state index < -0.39 is 15.5 Å². The summed E-state index contributed by atoms with van der Waals surface area (Å²) in [5.74, 6) is -0.329. The number of nitrogens with zero attached hydrogens (tertiary/aromatic N) is 3. The zero-order valence-electron chi connectivity index (χ0n) is 11.2. The molecule has 2 rings (SSSR count). The lowest BCUT2D eigenvalue weighted by atomic mass is 10.1. The fraction of sp³-hybridized carbons (Fsp3) is 0.167. The monoisotopic (exact) mass is 339 g/mol. The van der Waals surface area contributed by atoms with Crippen LogP contribution in [0.1, 0.15) is 12.5 Å². The van der Waals surface area contributed by atoms with Crippen molar-refractivity contribution in [1.82, 2.24) is 4.90 Å². The van der Waals surface area contributed by atoms with Gasteiger partial charge in [0.25, 0.3) is 17.3 Å². The van der Waals surface area contributed by atoms with Gasteiger partial charge in [0.2, 0.25) is 0 Å². The number of carbonyl (C=O) groups excluding carboxylic acids is 1. The van der Waals surface area contributed by atoms with E-state index in [0.29, 0.717) is 10.9 Å². The zero-order valence-corrected chi connectivity index (χ0v) is 12.8. The van der Waals surface area contributed by atoms with Crippen LogP contribution in [0.15, 0.2) is 23.1 Å². The van der Waals surface area contributed by atoms with Crippen molar-refractivity contribution >= 4 is 51.7 Å². The third kappa shape index (κ3) is 2.97. The normalized spacial score (nSPS) is 16.4. The summed E-state index contributed by atoms with van der Waals surface area (Å²) in [5.41, 5.74) is -0.701. The van der Waals surface area contributed by atoms with E-state index in [4.69, 9.17) is 12.2 Å². The number of non-ortho nitro benzene ring substituents is 1. The highest BCUT2D eigenvalue weighted by Crippen LogP contribution is 2.34. The van der Waals surface area contributed by atoms with E-state index >= 15 is 0 Å². The van der Waals surface area contributed by atoms with Gasteiger partial charge in [-0.3, -0.25) is 29.9 Å². The molecule has 1 aromatic rings. The first-order chi connectivity index (χ1) is 10.3. The molecule has 0 saturated carbocycles. The van der Waals surface area contributed by atoms with Crippen LogP contribution in [0.25, 0.3) is 6.08 Å². The molecule has 0 atom stereocenters. The minimum Gasteiger partial charge on any atom is -0.293 e. The third-order valence-corrected chi connectivity index (χ3v) is 4.28. The molecule has 1 aliphatic rings. The number of thioether (sulfide) groups is 1. The molecule has 0 unspecified atom stereocenters. The fourth-order valence-corrected chi connectivity index (χ4v) is 3.21. The van der Waals surface area contributed by atoms with Crippen LogP contribution >= 0.6 is 24.0 Å². The second-order valence-electron chi connectivity index (χ2n) is 4.18. The summed E-state index contributed by atoms with van der Waals surface area (Å²) in [6.07, 6.45) is 1.33. The molecule has 1 saturated heterocycles. The Labute approximate surface area is 134 Å². The predicted octanol–water partition coefficient (Wildman–Crippen LogP) is 2.72. The van der Waals surface area contributed by atoms with Gasteiger partial charge in [-0.2, -0.15) is 0 Å². The predicted molar refractivity (Wildman–Crippen MR) is 85.3 cm³/mol. The van der Waals surface area contributed by atoms with Crippen LogP contribution in [-0.4, -0.2) is 31.5 Å². The molecule has 22 heavy (non-hydrogen) atoms. The van der Waals surface area contributed by atoms with E-state index in [-0.39, 0.29) is 22.1 Å². The van der Waals surface area contributed by atoms with Gasteiger partial charge in [-0.25, -0.2) is 0 Å². The number of carbonyl (C=O) groups is 1. The molecule has 0 radical (unpaired) electrons. The maximum atomic E-state index is 12.1. The molecule has 0 bridgehead atoms. The van der Waals surface area contributed by atoms with Crippen LogP contribution < -0.4 is 0 Å². The average Bonchev–Trinajstić information content (AvgIpc) is 2.72. The summed E-state index contributed by atoms with van der Waals surface area (Å²) in [4.78, 5) is 34.0. The van der Waals surface area contributed by atoms with E-state index in [0.717, 1.165) is 23.9 Å². The summed E-state index contributed by atoms with van der Waals surface area (Å²) in [7, 11) is 0. The van der Waals surface area contributed by atoms with Gasteiger partial charge in [-0.15, -0.1) is 0 Å². The van der Waals surface area contributed by atoms with Crippen LogP contribution in [0.3, 0.4) is 0 Å². The van der Waals surface area contributed by atoms with E-state index in [9.17, 15) is 25.0 Å². The molecular weight excluding hydrogens is 330 g/mol. The molecule has 0 N–H and O–H groups in total. The SMILES string of the molecule is CCN1C(=O)/C(=C\c2ccc([N+](=O)[O-])cc2[N+](=O)[O-])SC1=S. The number of nitro benzene ring substituents is 2. The molecule has 1 amide bonds. The lowest BCUT2D eigenvalue weighted by Gasteiger charge is -2.09. The van der Waals surface area contributed by atoms with E-state index in [1.807, 2.05) is 0 Å². The van der Waals surface area contributed by atoms with E-state index in [1.165, 1.54) is 17.0 Å². The van der Waals surface area contributed by atoms with Gasteiger partial charge in [-0.1, -0.05) is 24.0 Å². The van der Waals surface area contributed by atoms with Crippen molar-refractivity contribution in [2.45, 2.75) is 6.92 Å². The Balaban J connectivity index is 2.48. The quantitative estimate of drug-likeness (QED) is 0.359. The number of thiocarbonyl (C=S) groups is 1. The summed E-state index contributed by atoms with van der Waals surface area (Å²) >= 11 is 6.10. The summed E-state index contributed by atoms with van der Waals surface area (Å²) in [6.45, 7) is 2.17. The first kappa shape index (κ1) is 16.0. The first-order valence-electron chi connectivity index (χ1n) is 6.03. The number of benzene rings is 1. The number of hydrogen-bond acceptors (Lipinski definition) is 7. The summed E-state index contributed by atoms with van der Waals surface area (Å²) < 4.78 is 0.378. The molecule has 0 spiro atoms. The number of nitro groups is 2. The van der Waals surface area contributed by atoms with E-state index in [1.54, 1.807) is 6.92 Å². The van der Waals surface area contributed by atoms with Crippen LogP contribution in [0, 0.1) is 20.2 Å². The summed E-state index contributed by atoms with van der Waals surface area (Å²) in [5, 5.41) is 21.8. The van der Waals surface area contributed by atoms with Crippen molar-refractivity contribution in [3.63, 3.8) is 0 Å². The molecule has 8 nitrogen and oxygen atoms in total. The molecule has 0 aromatic heterocycles. The minimum absolute atomic E-state index is 0.118. The standard InChI is InChI=1S/C12H9N3O5S2/c1-2-13-11(16)10(22-12(13)21)5-7-3-4-8(14(17)18)6-9(7)15(19)20/h3-6H,2H2,1H3/b10-5+. The van der Waals surface area contributed by atoms with Crippen LogP contribution in [0.4, 0.5) is 11.4 Å². The number of amides is 1. The van der Waals surface area contributed by atoms with Gasteiger partial charge in [0.1, 0.15) is 4.32 Å². The topological polar surface area (TPSA) is 107 Å². The fourth-order valence-electron chi connectivity index (χ4n) is 1.84. The lowest BCUT2D eigenvalue weighted by molar-refractivity contribution is -0.394. The molecule has 114 valence electrons. The molecule has 1 heterocycles. The highest BCUT2D eigenvalue weighted by Gasteiger charge is 2.31. The largest absolute Gasteiger partial charge is 0.293 e. The van der Waals surface area contributed by atoms with Crippen molar-refractivity contribution in [2.24, 2.45) is 0 Å². The van der Waals surface area contributed by atoms with Gasteiger partial charge in [0.05, 0.1) is 26.4 Å². The van der Waals surface area contributed by atoms with Crippen LogP contribution in [0.5, 0.6) is 0 Å². The highest BCUT2D eigenvalue weighted by molar-refractivity contribution is 8.26. The smallest absolute Gasteiger partial charge is 0.283 e. The van der Waals surface area contributed by atoms with Crippen LogP contribution in [-0.2, 0) is 4.79 Å². The van der Waals surface area contributed by atoms with Gasteiger partial charge in [0, 0.05) is 12.6 Å². The molecule has 1 fully saturated rings. The molecular formula is C12H9N3O5S2. The van der Waals surface area contributed by atoms with Crippen molar-refractivity contribution in [2.75, 3.05) is 6.54 Å². The first-order valence-corrected chi connectivity index (χ1v) is 7.25. The second-order valence-corrected chi connectivity index (χ2v) is 5.86. The lowest BCUT2D eigenvalue weighted by Crippen LogP contribution is -2.27. The Morgan fingerprint density at radius 1 is 1.32 bits per heavy atom. The Bertz CT molecular complexity index is 731. The molecule has 1 aliphatic heterocycles.